The minimum Gasteiger partial charge on any atom is -0.497 e. The molecule has 0 heterocycles. The van der Waals surface area contributed by atoms with Gasteiger partial charge in [-0.3, -0.25) is 0 Å². The van der Waals surface area contributed by atoms with Crippen molar-refractivity contribution in [1.82, 2.24) is 5.32 Å². The lowest BCUT2D eigenvalue weighted by atomic mass is 10.1. The van der Waals surface area contributed by atoms with E-state index >= 15 is 0 Å². The maximum atomic E-state index is 9.18. The summed E-state index contributed by atoms with van der Waals surface area (Å²) in [5.41, 5.74) is 1.40. The van der Waals surface area contributed by atoms with Gasteiger partial charge >= 0.3 is 0 Å². The molecule has 0 saturated heterocycles. The number of benzene rings is 1. The van der Waals surface area contributed by atoms with E-state index in [1.165, 1.54) is 5.56 Å². The van der Waals surface area contributed by atoms with E-state index in [4.69, 9.17) is 4.74 Å². The van der Waals surface area contributed by atoms with Crippen LogP contribution in [0.5, 0.6) is 5.75 Å². The molecule has 2 rings (SSSR count). The molecule has 0 unspecified atom stereocenters. The van der Waals surface area contributed by atoms with Gasteiger partial charge in [0.2, 0.25) is 0 Å². The lowest BCUT2D eigenvalue weighted by molar-refractivity contribution is 0.207. The van der Waals surface area contributed by atoms with Gasteiger partial charge in [-0.05, 0) is 30.5 Å². The van der Waals surface area contributed by atoms with Gasteiger partial charge in [0.15, 0.2) is 0 Å². The number of hydrogen-bond acceptors (Lipinski definition) is 3. The van der Waals surface area contributed by atoms with Crippen LogP contribution in [0.1, 0.15) is 18.4 Å². The molecule has 0 spiro atoms. The molecule has 2 N–H and O–H groups in total. The third kappa shape index (κ3) is 2.74. The predicted octanol–water partition coefficient (Wildman–Crippen LogP) is 1.56. The molecule has 1 aromatic carbocycles. The molecule has 0 amide bonds. The fourth-order valence-corrected chi connectivity index (χ4v) is 1.82. The molecule has 3 heteroatoms. The monoisotopic (exact) mass is 221 g/mol. The first kappa shape index (κ1) is 11.4. The summed E-state index contributed by atoms with van der Waals surface area (Å²) in [6.07, 6.45) is 2.29. The van der Waals surface area contributed by atoms with Crippen molar-refractivity contribution in [2.75, 3.05) is 20.3 Å². The summed E-state index contributed by atoms with van der Waals surface area (Å²) in [6.45, 7) is 2.04. The third-order valence-corrected chi connectivity index (χ3v) is 3.26. The van der Waals surface area contributed by atoms with E-state index in [0.29, 0.717) is 6.61 Å². The van der Waals surface area contributed by atoms with E-state index in [9.17, 15) is 5.11 Å². The minimum absolute atomic E-state index is 0.179. The molecule has 16 heavy (non-hydrogen) atoms. The van der Waals surface area contributed by atoms with Crippen LogP contribution in [0.2, 0.25) is 0 Å². The Morgan fingerprint density at radius 3 is 2.88 bits per heavy atom. The Bertz CT molecular complexity index is 348. The maximum absolute atomic E-state index is 9.18. The Hall–Kier alpha value is -1.06. The average molecular weight is 221 g/mol. The number of aliphatic hydroxyl groups excluding tert-OH is 1. The molecule has 0 bridgehead atoms. The molecule has 1 aliphatic rings. The van der Waals surface area contributed by atoms with Crippen LogP contribution in [0.4, 0.5) is 0 Å². The molecule has 1 saturated carbocycles. The highest BCUT2D eigenvalue weighted by Gasteiger charge is 2.41. The Kier molecular flexibility index (Phi) is 3.46. The lowest BCUT2D eigenvalue weighted by Crippen LogP contribution is -2.26. The van der Waals surface area contributed by atoms with Crippen LogP contribution in [0.15, 0.2) is 24.3 Å². The largest absolute Gasteiger partial charge is 0.497 e. The van der Waals surface area contributed by atoms with Crippen LogP contribution in [-0.2, 0) is 6.54 Å². The van der Waals surface area contributed by atoms with Crippen molar-refractivity contribution in [3.05, 3.63) is 29.8 Å². The van der Waals surface area contributed by atoms with E-state index in [0.717, 1.165) is 31.7 Å². The SMILES string of the molecule is COc1cccc(CNCC2(CO)CC2)c1. The second-order valence-corrected chi connectivity index (χ2v) is 4.61. The van der Waals surface area contributed by atoms with Gasteiger partial charge < -0.3 is 15.2 Å². The highest BCUT2D eigenvalue weighted by molar-refractivity contribution is 5.28. The van der Waals surface area contributed by atoms with Crippen LogP contribution in [0.3, 0.4) is 0 Å². The second-order valence-electron chi connectivity index (χ2n) is 4.61. The van der Waals surface area contributed by atoms with Crippen molar-refractivity contribution in [2.45, 2.75) is 19.4 Å². The van der Waals surface area contributed by atoms with Gasteiger partial charge in [0.05, 0.1) is 7.11 Å². The topological polar surface area (TPSA) is 41.5 Å². The summed E-state index contributed by atoms with van der Waals surface area (Å²) in [5.74, 6) is 0.891. The van der Waals surface area contributed by atoms with Gasteiger partial charge in [0.1, 0.15) is 5.75 Å². The third-order valence-electron chi connectivity index (χ3n) is 3.26. The molecule has 0 aliphatic heterocycles. The van der Waals surface area contributed by atoms with Crippen LogP contribution in [0.25, 0.3) is 0 Å². The number of nitrogens with one attached hydrogen (secondary N) is 1. The summed E-state index contributed by atoms with van der Waals surface area (Å²) < 4.78 is 5.17. The molecule has 1 fully saturated rings. The first-order valence-corrected chi connectivity index (χ1v) is 5.72. The van der Waals surface area contributed by atoms with Gasteiger partial charge in [-0.2, -0.15) is 0 Å². The number of methoxy groups -OCH3 is 1. The molecule has 88 valence electrons. The Labute approximate surface area is 96.4 Å². The second kappa shape index (κ2) is 4.85. The molecular weight excluding hydrogens is 202 g/mol. The molecular formula is C13H19NO2. The highest BCUT2D eigenvalue weighted by atomic mass is 16.5. The van der Waals surface area contributed by atoms with E-state index < -0.39 is 0 Å². The van der Waals surface area contributed by atoms with Crippen LogP contribution >= 0.6 is 0 Å². The molecule has 0 atom stereocenters. The number of hydrogen-bond donors (Lipinski definition) is 2. The van der Waals surface area contributed by atoms with Gasteiger partial charge in [0.25, 0.3) is 0 Å². The standard InChI is InChI=1S/C13H19NO2/c1-16-12-4-2-3-11(7-12)8-14-9-13(10-15)5-6-13/h2-4,7,14-15H,5-6,8-10H2,1H3. The van der Waals surface area contributed by atoms with Gasteiger partial charge in [-0.1, -0.05) is 12.1 Å². The van der Waals surface area contributed by atoms with Crippen molar-refractivity contribution in [3.63, 3.8) is 0 Å². The zero-order chi connectivity index (χ0) is 11.4. The van der Waals surface area contributed by atoms with E-state index in [1.54, 1.807) is 7.11 Å². The quantitative estimate of drug-likeness (QED) is 0.766. The highest BCUT2D eigenvalue weighted by Crippen LogP contribution is 2.44. The van der Waals surface area contributed by atoms with Crippen molar-refractivity contribution in [1.29, 1.82) is 0 Å². The number of rotatable bonds is 6. The van der Waals surface area contributed by atoms with E-state index in [-0.39, 0.29) is 5.41 Å². The molecule has 0 radical (unpaired) electrons. The molecule has 0 aromatic heterocycles. The summed E-state index contributed by atoms with van der Waals surface area (Å²) in [7, 11) is 1.68. The summed E-state index contributed by atoms with van der Waals surface area (Å²) in [6, 6.07) is 8.05. The van der Waals surface area contributed by atoms with E-state index in [1.807, 2.05) is 18.2 Å². The Morgan fingerprint density at radius 1 is 1.44 bits per heavy atom. The zero-order valence-electron chi connectivity index (χ0n) is 9.70. The van der Waals surface area contributed by atoms with Crippen molar-refractivity contribution < 1.29 is 9.84 Å². The number of aliphatic hydroxyl groups is 1. The molecule has 3 nitrogen and oxygen atoms in total. The Balaban J connectivity index is 1.80. The predicted molar refractivity (Wildman–Crippen MR) is 63.5 cm³/mol. The fraction of sp³-hybridized carbons (Fsp3) is 0.538. The van der Waals surface area contributed by atoms with Crippen molar-refractivity contribution in [2.24, 2.45) is 5.41 Å². The fourth-order valence-electron chi connectivity index (χ4n) is 1.82. The van der Waals surface area contributed by atoms with Crippen LogP contribution in [-0.4, -0.2) is 25.4 Å². The van der Waals surface area contributed by atoms with Gasteiger partial charge in [-0.15, -0.1) is 0 Å². The van der Waals surface area contributed by atoms with Gasteiger partial charge in [-0.25, -0.2) is 0 Å². The van der Waals surface area contributed by atoms with Crippen molar-refractivity contribution in [3.8, 4) is 5.75 Å². The zero-order valence-corrected chi connectivity index (χ0v) is 9.70. The maximum Gasteiger partial charge on any atom is 0.119 e. The normalized spacial score (nSPS) is 17.1. The summed E-state index contributed by atoms with van der Waals surface area (Å²) in [5, 5.41) is 12.6. The number of ether oxygens (including phenoxy) is 1. The first-order chi connectivity index (χ1) is 7.78. The summed E-state index contributed by atoms with van der Waals surface area (Å²) in [4.78, 5) is 0. The van der Waals surface area contributed by atoms with Crippen LogP contribution in [0, 0.1) is 5.41 Å². The first-order valence-electron chi connectivity index (χ1n) is 5.72. The van der Waals surface area contributed by atoms with Crippen molar-refractivity contribution >= 4 is 0 Å². The van der Waals surface area contributed by atoms with Crippen LogP contribution < -0.4 is 10.1 Å². The molecule has 1 aliphatic carbocycles. The van der Waals surface area contributed by atoms with Gasteiger partial charge in [0, 0.05) is 25.1 Å². The van der Waals surface area contributed by atoms with E-state index in [2.05, 4.69) is 11.4 Å². The minimum atomic E-state index is 0.179. The Morgan fingerprint density at radius 2 is 2.25 bits per heavy atom. The molecule has 1 aromatic rings. The lowest BCUT2D eigenvalue weighted by Gasteiger charge is -2.12. The average Bonchev–Trinajstić information content (AvgIpc) is 3.10. The summed E-state index contributed by atoms with van der Waals surface area (Å²) >= 11 is 0. The smallest absolute Gasteiger partial charge is 0.119 e.